The largest absolute Gasteiger partial charge is 1.00 e. The van der Waals surface area contributed by atoms with Crippen molar-refractivity contribution in [2.75, 3.05) is 61.5 Å². The summed E-state index contributed by atoms with van der Waals surface area (Å²) in [4.78, 5) is 37.7. The van der Waals surface area contributed by atoms with E-state index in [-0.39, 0.29) is 98.2 Å². The number of carbonyl (C=O) groups is 3. The van der Waals surface area contributed by atoms with Crippen molar-refractivity contribution in [2.24, 2.45) is 5.73 Å². The Morgan fingerprint density at radius 2 is 1.68 bits per heavy atom. The van der Waals surface area contributed by atoms with Gasteiger partial charge in [0.2, 0.25) is 17.7 Å². The van der Waals surface area contributed by atoms with Gasteiger partial charge in [0.15, 0.2) is 5.82 Å². The number of ether oxygens (including phenoxy) is 1. The number of nitrogens with one attached hydrogen (secondary N) is 1. The molecule has 4 heterocycles. The van der Waals surface area contributed by atoms with Gasteiger partial charge in [-0.15, -0.1) is 22.3 Å². The van der Waals surface area contributed by atoms with Crippen LogP contribution >= 0.6 is 21.6 Å². The number of phenols is 1. The van der Waals surface area contributed by atoms with Crippen LogP contribution in [-0.2, 0) is 47.1 Å². The maximum Gasteiger partial charge on any atom is 1.00 e. The third kappa shape index (κ3) is 18.1. The molecule has 0 atom stereocenters. The van der Waals surface area contributed by atoms with Crippen LogP contribution in [0, 0.1) is 13.0 Å². The summed E-state index contributed by atoms with van der Waals surface area (Å²) in [7, 11) is 3.37. The fourth-order valence-electron chi connectivity index (χ4n) is 6.17. The number of nitrogens with zero attached hydrogens (tertiary/aromatic N) is 6. The summed E-state index contributed by atoms with van der Waals surface area (Å²) < 4.78 is 6.64. The number of imide groups is 1. The number of para-hydroxylation sites is 2. The minimum atomic E-state index is -0.138. The monoisotopic (exact) mass is 931 g/mol. The fraction of sp³-hybridized carbons (Fsp3) is 0.425. The molecule has 1 saturated carbocycles. The van der Waals surface area contributed by atoms with Crippen molar-refractivity contribution in [2.45, 2.75) is 57.4 Å². The van der Waals surface area contributed by atoms with Crippen molar-refractivity contribution in [1.29, 1.82) is 0 Å². The number of amides is 3. The molecule has 0 bridgehead atoms. The van der Waals surface area contributed by atoms with Crippen LogP contribution in [0.1, 0.15) is 51.4 Å². The van der Waals surface area contributed by atoms with Crippen LogP contribution in [0.15, 0.2) is 67.0 Å². The number of aliphatic hydroxyl groups excluding tert-OH is 1. The molecule has 3 aliphatic rings. The van der Waals surface area contributed by atoms with Gasteiger partial charge in [-0.05, 0) is 44.1 Å². The van der Waals surface area contributed by atoms with Gasteiger partial charge in [-0.25, -0.2) is 4.68 Å². The molecule has 0 spiro atoms. The number of rotatable bonds is 11. The van der Waals surface area contributed by atoms with Crippen molar-refractivity contribution >= 4 is 50.8 Å². The van der Waals surface area contributed by atoms with Gasteiger partial charge in [0.05, 0.1) is 36.9 Å². The van der Waals surface area contributed by atoms with Gasteiger partial charge in [0, 0.05) is 94.0 Å². The van der Waals surface area contributed by atoms with Gasteiger partial charge >= 0.3 is 29.6 Å². The van der Waals surface area contributed by atoms with Crippen LogP contribution in [0.3, 0.4) is 0 Å². The molecule has 1 radical (unpaired) electrons. The molecule has 19 heteroatoms. The fourth-order valence-corrected chi connectivity index (χ4v) is 7.80. The molecule has 2 aromatic heterocycles. The predicted octanol–water partition coefficient (Wildman–Crippen LogP) is 1.43. The molecule has 4 aromatic rings. The molecule has 2 aromatic carbocycles. The number of aromatic nitrogens is 4. The van der Waals surface area contributed by atoms with Crippen molar-refractivity contribution in [3.63, 3.8) is 0 Å². The Kier molecular flexibility index (Phi) is 26.4. The number of carbonyl (C=O) groups excluding carboxylic acids is 3. The Morgan fingerprint density at radius 1 is 0.966 bits per heavy atom. The smallest absolute Gasteiger partial charge is 0.551 e. The maximum absolute atomic E-state index is 12.9. The van der Waals surface area contributed by atoms with E-state index in [9.17, 15) is 19.5 Å². The molecule has 3 amide bonds. The second-order valence-electron chi connectivity index (χ2n) is 13.0. The van der Waals surface area contributed by atoms with Crippen LogP contribution in [0.25, 0.3) is 16.9 Å². The number of anilines is 2. The summed E-state index contributed by atoms with van der Waals surface area (Å²) in [5.74, 6) is 2.69. The maximum atomic E-state index is 12.9. The number of benzene rings is 2. The number of piperidine rings is 1. The van der Waals surface area contributed by atoms with E-state index >= 15 is 0 Å². The minimum Gasteiger partial charge on any atom is -0.551 e. The Bertz CT molecular complexity index is 1820. The van der Waals surface area contributed by atoms with E-state index in [1.54, 1.807) is 67.8 Å². The zero-order chi connectivity index (χ0) is 40.8. The van der Waals surface area contributed by atoms with Gasteiger partial charge < -0.3 is 38.2 Å². The number of piperazine rings is 1. The Morgan fingerprint density at radius 3 is 2.29 bits per heavy atom. The Hall–Kier alpha value is -2.58. The Labute approximate surface area is 402 Å². The average Bonchev–Trinajstić information content (AvgIpc) is 3.71. The molecule has 2 saturated heterocycles. The van der Waals surface area contributed by atoms with Gasteiger partial charge in [-0.2, -0.15) is 23.3 Å². The molecule has 2 aliphatic heterocycles. The van der Waals surface area contributed by atoms with Gasteiger partial charge in [-0.1, -0.05) is 53.0 Å². The number of hydrogen-bond donors (Lipinski definition) is 5. The number of nitrogens with two attached hydrogens (primary N) is 2. The van der Waals surface area contributed by atoms with Crippen molar-refractivity contribution in [1.82, 2.24) is 30.2 Å². The van der Waals surface area contributed by atoms with E-state index in [1.807, 2.05) is 30.3 Å². The summed E-state index contributed by atoms with van der Waals surface area (Å²) in [6.45, 7) is 6.96. The van der Waals surface area contributed by atoms with Gasteiger partial charge in [0.25, 0.3) is 0 Å². The van der Waals surface area contributed by atoms with E-state index in [0.29, 0.717) is 61.9 Å². The van der Waals surface area contributed by atoms with Crippen molar-refractivity contribution < 1.29 is 91.6 Å². The second-order valence-corrected chi connectivity index (χ2v) is 15.7. The first kappa shape index (κ1) is 52.6. The summed E-state index contributed by atoms with van der Waals surface area (Å²) in [6.07, 6.45) is 11.4. The minimum absolute atomic E-state index is 0. The van der Waals surface area contributed by atoms with Crippen LogP contribution < -0.4 is 56.0 Å². The standard InChI is InChI=1S/C23H27N7O2.C8H8O.C5H7NO2.C4H11NOS2.Na.Y/c24-23-20(12-19(26-27-23)18-8-4-5-9-21(18)31)30-14-17(13-25-30)29-11-10-28(15-22(29)32)16-6-2-1-3-7-16;1-2-9-8-6-4-3-5-7-8;7-4-2-1-3-5(8)6-4;5-1-3-7-8-4-2-6;;/h4-5,8-9,12-14,16,31H,1-3,6-7,10-11,15H2,(H2,24,27);3-6H,1-2H2;1-3H2,(H,6,7,8);6H,1-5H2;;/q;-2;;;+1;. The molecule has 59 heavy (non-hydrogen) atoms. The molecular formula is C40H53N9NaO6S2Y-. The first-order valence-electron chi connectivity index (χ1n) is 19.0. The molecule has 7 rings (SSSR count). The molecule has 7 N–H and O–H groups in total. The van der Waals surface area contributed by atoms with Gasteiger partial charge in [0.1, 0.15) is 11.4 Å². The number of hydrogen-bond acceptors (Lipinski definition) is 14. The van der Waals surface area contributed by atoms with Crippen molar-refractivity contribution in [3.05, 3.63) is 80.0 Å². The van der Waals surface area contributed by atoms with Crippen LogP contribution in [0.4, 0.5) is 11.5 Å². The van der Waals surface area contributed by atoms with Crippen molar-refractivity contribution in [3.8, 4) is 28.4 Å². The summed E-state index contributed by atoms with van der Waals surface area (Å²) >= 11 is 0. The number of aliphatic hydroxyl groups is 1. The first-order chi connectivity index (χ1) is 27.7. The third-order valence-corrected chi connectivity index (χ3v) is 11.4. The zero-order valence-electron chi connectivity index (χ0n) is 33.7. The molecule has 15 nitrogen and oxygen atoms in total. The third-order valence-electron chi connectivity index (χ3n) is 8.93. The molecule has 1 aliphatic carbocycles. The number of phenolic OH excluding ortho intramolecular Hbond substituents is 1. The molecular weight excluding hydrogens is 879 g/mol. The Balaban J connectivity index is 0.000000361. The first-order valence-corrected chi connectivity index (χ1v) is 21.5. The normalized spacial score (nSPS) is 15.4. The topological polar surface area (TPSA) is 215 Å². The quantitative estimate of drug-likeness (QED) is 0.0474. The number of aromatic hydroxyl groups is 1. The average molecular weight is 932 g/mol. The predicted molar refractivity (Wildman–Crippen MR) is 226 cm³/mol. The van der Waals surface area contributed by atoms with Crippen LogP contribution in [-0.4, -0.2) is 110 Å². The van der Waals surface area contributed by atoms with Crippen LogP contribution in [0.2, 0.25) is 0 Å². The van der Waals surface area contributed by atoms with Crippen LogP contribution in [0.5, 0.6) is 11.5 Å². The zero-order valence-corrected chi connectivity index (χ0v) is 40.2. The summed E-state index contributed by atoms with van der Waals surface area (Å²) in [6, 6.07) is 19.6. The summed E-state index contributed by atoms with van der Waals surface area (Å²) in [5.41, 5.74) is 13.6. The van der Waals surface area contributed by atoms with E-state index in [1.165, 1.54) is 32.1 Å². The van der Waals surface area contributed by atoms with E-state index in [2.05, 4.69) is 38.5 Å². The molecule has 3 fully saturated rings. The van der Waals surface area contributed by atoms with E-state index in [0.717, 1.165) is 36.0 Å². The SMILES string of the molecule is NCCSSCCO.Nc1nnc(-c2ccccc2O)cc1-n1cc(N2CCN(C3CCCCC3)CC2=O)cn1.O=C1CCCC(=O)N1.[CH2-]COc1[c-]cccc1.[Na+].[Y]. The molecule has 311 valence electrons. The van der Waals surface area contributed by atoms with Gasteiger partial charge in [-0.3, -0.25) is 24.6 Å². The van der Waals surface area contributed by atoms with E-state index < -0.39 is 0 Å². The molecule has 0 unspecified atom stereocenters. The summed E-state index contributed by atoms with van der Waals surface area (Å²) in [5, 5.41) is 33.2. The van der Waals surface area contributed by atoms with E-state index in [4.69, 9.17) is 21.3 Å². The second kappa shape index (κ2) is 29.6. The number of nitrogen functional groups attached to an aromatic ring is 1.